The molecule has 0 saturated carbocycles. The molecule has 6 heteroatoms. The molecule has 0 radical (unpaired) electrons. The highest BCUT2D eigenvalue weighted by Crippen LogP contribution is 2.21. The summed E-state index contributed by atoms with van der Waals surface area (Å²) in [5.74, 6) is 1.30. The maximum atomic E-state index is 12.8. The van der Waals surface area contributed by atoms with Gasteiger partial charge < -0.3 is 4.74 Å². The van der Waals surface area contributed by atoms with Gasteiger partial charge in [-0.15, -0.1) is 5.10 Å². The second kappa shape index (κ2) is 6.58. The van der Waals surface area contributed by atoms with Crippen molar-refractivity contribution in [3.05, 3.63) is 87.2 Å². The largest absolute Gasteiger partial charge is 0.497 e. The van der Waals surface area contributed by atoms with Gasteiger partial charge in [0.1, 0.15) is 5.75 Å². The van der Waals surface area contributed by atoms with Crippen LogP contribution in [-0.2, 0) is 0 Å². The molecule has 28 heavy (non-hydrogen) atoms. The third-order valence-electron chi connectivity index (χ3n) is 4.64. The molecule has 2 heterocycles. The van der Waals surface area contributed by atoms with Crippen LogP contribution in [0.3, 0.4) is 0 Å². The summed E-state index contributed by atoms with van der Waals surface area (Å²) in [4.78, 5) is 18.0. The minimum absolute atomic E-state index is 0.153. The smallest absolute Gasteiger partial charge is 0.291 e. The fourth-order valence-electron chi connectivity index (χ4n) is 3.21. The summed E-state index contributed by atoms with van der Waals surface area (Å²) in [5.41, 5.74) is 1.70. The van der Waals surface area contributed by atoms with Crippen LogP contribution in [0.4, 0.5) is 0 Å². The van der Waals surface area contributed by atoms with Gasteiger partial charge in [-0.05, 0) is 46.7 Å². The average molecular weight is 385 g/mol. The molecule has 0 aliphatic carbocycles. The zero-order valence-electron chi connectivity index (χ0n) is 15.0. The fraction of sp³-hybridized carbons (Fsp3) is 0.0455. The van der Waals surface area contributed by atoms with Gasteiger partial charge in [-0.1, -0.05) is 53.8 Å². The number of fused-ring (bicyclic) bond motifs is 2. The molecule has 0 unspecified atom stereocenters. The summed E-state index contributed by atoms with van der Waals surface area (Å²) in [6.07, 6.45) is 1.92. The van der Waals surface area contributed by atoms with Gasteiger partial charge in [0.15, 0.2) is 5.82 Å². The minimum Gasteiger partial charge on any atom is -0.497 e. The van der Waals surface area contributed by atoms with Crippen LogP contribution in [0.5, 0.6) is 5.75 Å². The van der Waals surface area contributed by atoms with E-state index < -0.39 is 0 Å². The van der Waals surface area contributed by atoms with Crippen molar-refractivity contribution >= 4 is 33.1 Å². The number of ether oxygens (including phenoxy) is 1. The lowest BCUT2D eigenvalue weighted by Crippen LogP contribution is -2.23. The van der Waals surface area contributed by atoms with E-state index in [1.54, 1.807) is 7.11 Å². The van der Waals surface area contributed by atoms with E-state index >= 15 is 0 Å². The Morgan fingerprint density at radius 1 is 1.00 bits per heavy atom. The number of methoxy groups -OCH3 is 1. The second-order valence-electron chi connectivity index (χ2n) is 6.34. The molecule has 0 saturated heterocycles. The SMILES string of the molecule is COc1ccc(-c2nc3sc(=Cc4cccc5ccccc45)c(=O)n3n2)cc1. The number of benzene rings is 3. The standard InChI is InChI=1S/C22H15N3O2S/c1-27-17-11-9-15(10-12-17)20-23-22-25(24-20)21(26)19(28-22)13-16-7-4-6-14-5-2-3-8-18(14)16/h2-13H,1H3. The van der Waals surface area contributed by atoms with Gasteiger partial charge in [-0.2, -0.15) is 9.50 Å². The molecule has 5 aromatic rings. The summed E-state index contributed by atoms with van der Waals surface area (Å²) in [6, 6.07) is 21.7. The first kappa shape index (κ1) is 16.6. The lowest BCUT2D eigenvalue weighted by atomic mass is 10.0. The summed E-state index contributed by atoms with van der Waals surface area (Å²) in [6.45, 7) is 0. The van der Waals surface area contributed by atoms with Gasteiger partial charge in [-0.25, -0.2) is 0 Å². The number of hydrogen-bond donors (Lipinski definition) is 0. The highest BCUT2D eigenvalue weighted by Gasteiger charge is 2.12. The van der Waals surface area contributed by atoms with Crippen molar-refractivity contribution in [1.82, 2.24) is 14.6 Å². The third-order valence-corrected chi connectivity index (χ3v) is 5.60. The van der Waals surface area contributed by atoms with Crippen LogP contribution < -0.4 is 14.8 Å². The number of nitrogens with zero attached hydrogens (tertiary/aromatic N) is 3. The zero-order chi connectivity index (χ0) is 19.1. The van der Waals surface area contributed by atoms with E-state index in [1.165, 1.54) is 15.9 Å². The van der Waals surface area contributed by atoms with Gasteiger partial charge in [0.25, 0.3) is 5.56 Å². The molecule has 0 bridgehead atoms. The van der Waals surface area contributed by atoms with Crippen LogP contribution in [0.1, 0.15) is 5.56 Å². The van der Waals surface area contributed by atoms with Crippen molar-refractivity contribution in [2.24, 2.45) is 0 Å². The lowest BCUT2D eigenvalue weighted by molar-refractivity contribution is 0.415. The topological polar surface area (TPSA) is 56.5 Å². The molecule has 3 aromatic carbocycles. The van der Waals surface area contributed by atoms with Crippen molar-refractivity contribution in [1.29, 1.82) is 0 Å². The Labute approximate surface area is 164 Å². The summed E-state index contributed by atoms with van der Waals surface area (Å²) >= 11 is 1.35. The predicted molar refractivity (Wildman–Crippen MR) is 112 cm³/mol. The van der Waals surface area contributed by atoms with Crippen molar-refractivity contribution in [2.75, 3.05) is 7.11 Å². The van der Waals surface area contributed by atoms with Gasteiger partial charge in [0.05, 0.1) is 11.6 Å². The quantitative estimate of drug-likeness (QED) is 0.477. The first-order valence-electron chi connectivity index (χ1n) is 8.76. The first-order valence-corrected chi connectivity index (χ1v) is 9.58. The van der Waals surface area contributed by atoms with Crippen molar-refractivity contribution < 1.29 is 4.74 Å². The minimum atomic E-state index is -0.153. The maximum absolute atomic E-state index is 12.8. The normalized spacial score (nSPS) is 12.1. The van der Waals surface area contributed by atoms with E-state index in [0.717, 1.165) is 27.6 Å². The number of thiazole rings is 1. The van der Waals surface area contributed by atoms with E-state index in [-0.39, 0.29) is 5.56 Å². The Morgan fingerprint density at radius 3 is 2.57 bits per heavy atom. The van der Waals surface area contributed by atoms with Crippen LogP contribution in [0.2, 0.25) is 0 Å². The highest BCUT2D eigenvalue weighted by molar-refractivity contribution is 7.15. The fourth-order valence-corrected chi connectivity index (χ4v) is 4.11. The third kappa shape index (κ3) is 2.75. The molecule has 0 fully saturated rings. The molecule has 5 nitrogen and oxygen atoms in total. The monoisotopic (exact) mass is 385 g/mol. The molecule has 0 spiro atoms. The van der Waals surface area contributed by atoms with Crippen LogP contribution in [0.25, 0.3) is 33.2 Å². The Balaban J connectivity index is 1.62. The molecular formula is C22H15N3O2S. The first-order chi connectivity index (χ1) is 13.7. The molecule has 5 rings (SSSR count). The zero-order valence-corrected chi connectivity index (χ0v) is 15.8. The van der Waals surface area contributed by atoms with Crippen LogP contribution >= 0.6 is 11.3 Å². The van der Waals surface area contributed by atoms with E-state index in [9.17, 15) is 4.79 Å². The summed E-state index contributed by atoms with van der Waals surface area (Å²) in [5, 5.41) is 6.66. The van der Waals surface area contributed by atoms with E-state index in [4.69, 9.17) is 4.74 Å². The van der Waals surface area contributed by atoms with Crippen LogP contribution in [-0.4, -0.2) is 21.7 Å². The van der Waals surface area contributed by atoms with E-state index in [0.29, 0.717) is 15.3 Å². The Morgan fingerprint density at radius 2 is 1.79 bits per heavy atom. The van der Waals surface area contributed by atoms with Crippen LogP contribution in [0.15, 0.2) is 71.5 Å². The van der Waals surface area contributed by atoms with Gasteiger partial charge in [-0.3, -0.25) is 4.79 Å². The van der Waals surface area contributed by atoms with Crippen molar-refractivity contribution in [2.45, 2.75) is 0 Å². The second-order valence-corrected chi connectivity index (χ2v) is 7.35. The predicted octanol–water partition coefficient (Wildman–Crippen LogP) is 3.53. The highest BCUT2D eigenvalue weighted by atomic mass is 32.1. The van der Waals surface area contributed by atoms with Gasteiger partial charge >= 0.3 is 0 Å². The summed E-state index contributed by atoms with van der Waals surface area (Å²) < 4.78 is 7.17. The molecule has 0 atom stereocenters. The average Bonchev–Trinajstić information content (AvgIpc) is 3.28. The van der Waals surface area contributed by atoms with E-state index in [2.05, 4.69) is 28.3 Å². The molecule has 2 aromatic heterocycles. The molecule has 0 amide bonds. The van der Waals surface area contributed by atoms with E-state index in [1.807, 2.05) is 54.6 Å². The maximum Gasteiger partial charge on any atom is 0.291 e. The Bertz CT molecular complexity index is 1410. The molecule has 136 valence electrons. The Hall–Kier alpha value is -3.51. The van der Waals surface area contributed by atoms with Crippen molar-refractivity contribution in [3.63, 3.8) is 0 Å². The lowest BCUT2D eigenvalue weighted by Gasteiger charge is -2.00. The number of aromatic nitrogens is 3. The van der Waals surface area contributed by atoms with Gasteiger partial charge in [0.2, 0.25) is 4.96 Å². The van der Waals surface area contributed by atoms with Crippen LogP contribution in [0, 0.1) is 0 Å². The van der Waals surface area contributed by atoms with Crippen molar-refractivity contribution in [3.8, 4) is 17.1 Å². The van der Waals surface area contributed by atoms with Gasteiger partial charge in [0, 0.05) is 5.56 Å². The summed E-state index contributed by atoms with van der Waals surface area (Å²) in [7, 11) is 1.62. The molecular weight excluding hydrogens is 370 g/mol. The number of rotatable bonds is 3. The Kier molecular flexibility index (Phi) is 3.91. The molecule has 0 aliphatic rings. The number of hydrogen-bond acceptors (Lipinski definition) is 5. The molecule has 0 aliphatic heterocycles. The molecule has 0 N–H and O–H groups in total.